The number of piperidine rings is 2. The topological polar surface area (TPSA) is 65.5 Å². The molecule has 2 aromatic rings. The first-order chi connectivity index (χ1) is 12.7. The minimum absolute atomic E-state index is 0.00240. The van der Waals surface area contributed by atoms with Crippen molar-refractivity contribution in [2.75, 3.05) is 26.2 Å². The van der Waals surface area contributed by atoms with Crippen LogP contribution in [0.4, 0.5) is 0 Å². The van der Waals surface area contributed by atoms with Crippen molar-refractivity contribution in [2.24, 2.45) is 5.41 Å². The molecule has 5 nitrogen and oxygen atoms in total. The Morgan fingerprint density at radius 2 is 2.23 bits per heavy atom. The smallest absolute Gasteiger partial charge is 0.273 e. The molecule has 138 valence electrons. The highest BCUT2D eigenvalue weighted by atomic mass is 32.1. The lowest BCUT2D eigenvalue weighted by atomic mass is 9.71. The Morgan fingerprint density at radius 1 is 1.38 bits per heavy atom. The highest BCUT2D eigenvalue weighted by Crippen LogP contribution is 2.37. The van der Waals surface area contributed by atoms with Crippen LogP contribution in [-0.2, 0) is 6.42 Å². The molecule has 0 radical (unpaired) electrons. The van der Waals surface area contributed by atoms with E-state index in [9.17, 15) is 9.90 Å². The maximum Gasteiger partial charge on any atom is 0.273 e. The van der Waals surface area contributed by atoms with Crippen LogP contribution in [0.15, 0.2) is 35.7 Å². The van der Waals surface area contributed by atoms with Crippen molar-refractivity contribution >= 4 is 17.2 Å². The third-order valence-electron chi connectivity index (χ3n) is 5.75. The lowest BCUT2D eigenvalue weighted by molar-refractivity contribution is -0.0139. The molecule has 1 aromatic carbocycles. The second-order valence-corrected chi connectivity index (χ2v) is 8.38. The molecule has 1 amide bonds. The number of rotatable bonds is 4. The second-order valence-electron chi connectivity index (χ2n) is 7.43. The Kier molecular flexibility index (Phi) is 5.07. The van der Waals surface area contributed by atoms with Crippen LogP contribution in [0.25, 0.3) is 0 Å². The molecule has 0 bridgehead atoms. The van der Waals surface area contributed by atoms with Gasteiger partial charge in [-0.15, -0.1) is 11.3 Å². The lowest BCUT2D eigenvalue weighted by Gasteiger charge is -2.50. The number of benzene rings is 1. The van der Waals surface area contributed by atoms with Crippen LogP contribution in [0.1, 0.15) is 40.3 Å². The van der Waals surface area contributed by atoms with Crippen molar-refractivity contribution in [2.45, 2.75) is 31.7 Å². The van der Waals surface area contributed by atoms with Gasteiger partial charge in [-0.2, -0.15) is 0 Å². The Hall–Kier alpha value is -1.76. The number of hydrogen-bond acceptors (Lipinski definition) is 5. The van der Waals surface area contributed by atoms with Gasteiger partial charge in [0.25, 0.3) is 5.91 Å². The monoisotopic (exact) mass is 371 g/mol. The van der Waals surface area contributed by atoms with Crippen LogP contribution in [0.3, 0.4) is 0 Å². The van der Waals surface area contributed by atoms with E-state index in [1.54, 1.807) is 11.3 Å². The predicted molar refractivity (Wildman–Crippen MR) is 102 cm³/mol. The van der Waals surface area contributed by atoms with Gasteiger partial charge in [-0.3, -0.25) is 4.79 Å². The highest BCUT2D eigenvalue weighted by Gasteiger charge is 2.45. The van der Waals surface area contributed by atoms with Gasteiger partial charge in [0.05, 0.1) is 11.6 Å². The summed E-state index contributed by atoms with van der Waals surface area (Å²) in [5.41, 5.74) is 1.54. The molecule has 2 saturated heterocycles. The largest absolute Gasteiger partial charge is 0.396 e. The van der Waals surface area contributed by atoms with Gasteiger partial charge in [-0.1, -0.05) is 30.3 Å². The number of likely N-dealkylation sites (tertiary alicyclic amines) is 1. The second kappa shape index (κ2) is 7.47. The van der Waals surface area contributed by atoms with Crippen LogP contribution in [-0.4, -0.2) is 53.2 Å². The van der Waals surface area contributed by atoms with Gasteiger partial charge >= 0.3 is 0 Å². The molecule has 2 aliphatic rings. The van der Waals surface area contributed by atoms with Crippen molar-refractivity contribution in [3.8, 4) is 0 Å². The maximum absolute atomic E-state index is 13.0. The number of fused-ring (bicyclic) bond motifs is 1. The van der Waals surface area contributed by atoms with Crippen molar-refractivity contribution in [1.82, 2.24) is 15.2 Å². The molecule has 0 unspecified atom stereocenters. The van der Waals surface area contributed by atoms with E-state index >= 15 is 0 Å². The molecule has 0 aliphatic carbocycles. The molecular weight excluding hydrogens is 346 g/mol. The zero-order chi connectivity index (χ0) is 18.0. The molecule has 2 aliphatic heterocycles. The summed E-state index contributed by atoms with van der Waals surface area (Å²) in [6, 6.07) is 10.5. The molecular formula is C20H25N3O2S. The Balaban J connectivity index is 1.46. The summed E-state index contributed by atoms with van der Waals surface area (Å²) in [7, 11) is 0. The first-order valence-corrected chi connectivity index (χ1v) is 10.2. The van der Waals surface area contributed by atoms with E-state index in [0.717, 1.165) is 43.8 Å². The summed E-state index contributed by atoms with van der Waals surface area (Å²) >= 11 is 1.54. The number of carbonyl (C=O) groups is 1. The van der Waals surface area contributed by atoms with Gasteiger partial charge in [-0.05, 0) is 31.4 Å². The number of aliphatic hydroxyl groups is 1. The van der Waals surface area contributed by atoms with E-state index in [1.165, 1.54) is 5.56 Å². The number of nitrogens with zero attached hydrogens (tertiary/aromatic N) is 2. The Labute approximate surface area is 158 Å². The Bertz CT molecular complexity index is 763. The van der Waals surface area contributed by atoms with E-state index in [-0.39, 0.29) is 17.9 Å². The fourth-order valence-electron chi connectivity index (χ4n) is 4.28. The molecule has 2 atom stereocenters. The average molecular weight is 372 g/mol. The predicted octanol–water partition coefficient (Wildman–Crippen LogP) is 2.31. The summed E-state index contributed by atoms with van der Waals surface area (Å²) in [4.78, 5) is 19.4. The fraction of sp³-hybridized carbons (Fsp3) is 0.500. The molecule has 4 rings (SSSR count). The molecule has 3 heterocycles. The number of aliphatic hydroxyl groups excluding tert-OH is 1. The van der Waals surface area contributed by atoms with Crippen molar-refractivity contribution in [3.63, 3.8) is 0 Å². The summed E-state index contributed by atoms with van der Waals surface area (Å²) < 4.78 is 0. The maximum atomic E-state index is 13.0. The van der Waals surface area contributed by atoms with Gasteiger partial charge in [0.15, 0.2) is 0 Å². The molecule has 1 aromatic heterocycles. The van der Waals surface area contributed by atoms with Crippen molar-refractivity contribution in [1.29, 1.82) is 0 Å². The van der Waals surface area contributed by atoms with Crippen LogP contribution >= 0.6 is 11.3 Å². The fourth-order valence-corrected chi connectivity index (χ4v) is 5.09. The number of thiazole rings is 1. The van der Waals surface area contributed by atoms with Gasteiger partial charge in [0.1, 0.15) is 5.69 Å². The number of hydrogen-bond donors (Lipinski definition) is 2. The summed E-state index contributed by atoms with van der Waals surface area (Å²) in [5, 5.41) is 16.4. The SMILES string of the molecule is O=C(c1csc(Cc2ccccc2)n1)N1CC[C@H]2NCCC[C@]2(CO)C1. The highest BCUT2D eigenvalue weighted by molar-refractivity contribution is 7.09. The van der Waals surface area contributed by atoms with E-state index in [2.05, 4.69) is 22.4 Å². The number of aromatic nitrogens is 1. The number of carbonyl (C=O) groups excluding carboxylic acids is 1. The molecule has 0 spiro atoms. The minimum atomic E-state index is -0.199. The van der Waals surface area contributed by atoms with Crippen LogP contribution in [0.5, 0.6) is 0 Å². The minimum Gasteiger partial charge on any atom is -0.396 e. The number of nitrogens with one attached hydrogen (secondary N) is 1. The molecule has 0 saturated carbocycles. The van der Waals surface area contributed by atoms with Gasteiger partial charge in [0, 0.05) is 36.3 Å². The van der Waals surface area contributed by atoms with Crippen LogP contribution < -0.4 is 5.32 Å². The van der Waals surface area contributed by atoms with Gasteiger partial charge in [0.2, 0.25) is 0 Å². The molecule has 26 heavy (non-hydrogen) atoms. The third kappa shape index (κ3) is 3.41. The van der Waals surface area contributed by atoms with Crippen molar-refractivity contribution < 1.29 is 9.90 Å². The van der Waals surface area contributed by atoms with E-state index < -0.39 is 0 Å². The standard InChI is InChI=1S/C20H25N3O2S/c24-14-20-8-4-9-21-17(20)7-10-23(13-20)19(25)16-12-26-18(22-16)11-15-5-2-1-3-6-15/h1-3,5-6,12,17,21,24H,4,7-11,13-14H2/t17-,20-/m1/s1. The summed E-state index contributed by atoms with van der Waals surface area (Å²) in [6.45, 7) is 2.48. The summed E-state index contributed by atoms with van der Waals surface area (Å²) in [5.74, 6) is -0.00240. The first-order valence-electron chi connectivity index (χ1n) is 9.32. The number of amides is 1. The zero-order valence-electron chi connectivity index (χ0n) is 14.9. The van der Waals surface area contributed by atoms with E-state index in [1.807, 2.05) is 28.5 Å². The van der Waals surface area contributed by atoms with Crippen LogP contribution in [0.2, 0.25) is 0 Å². The molecule has 2 fully saturated rings. The van der Waals surface area contributed by atoms with Gasteiger partial charge < -0.3 is 15.3 Å². The average Bonchev–Trinajstić information content (AvgIpc) is 3.16. The molecule has 2 N–H and O–H groups in total. The Morgan fingerprint density at radius 3 is 3.04 bits per heavy atom. The third-order valence-corrected chi connectivity index (χ3v) is 6.59. The van der Waals surface area contributed by atoms with E-state index in [4.69, 9.17) is 0 Å². The quantitative estimate of drug-likeness (QED) is 0.866. The summed E-state index contributed by atoms with van der Waals surface area (Å²) in [6.07, 6.45) is 3.68. The first kappa shape index (κ1) is 17.6. The van der Waals surface area contributed by atoms with Crippen molar-refractivity contribution in [3.05, 3.63) is 52.0 Å². The molecule has 6 heteroatoms. The van der Waals surface area contributed by atoms with E-state index in [0.29, 0.717) is 18.3 Å². The van der Waals surface area contributed by atoms with Gasteiger partial charge in [-0.25, -0.2) is 4.98 Å². The zero-order valence-corrected chi connectivity index (χ0v) is 15.7. The normalized spacial score (nSPS) is 25.7. The van der Waals surface area contributed by atoms with Crippen LogP contribution in [0, 0.1) is 5.41 Å². The lowest BCUT2D eigenvalue weighted by Crippen LogP contribution is -2.62.